The Bertz CT molecular complexity index is 774. The monoisotopic (exact) mass is 358 g/mol. The molecule has 0 saturated carbocycles. The molecule has 7 heteroatoms. The molecule has 7 nitrogen and oxygen atoms in total. The molecule has 1 atom stereocenters. The van der Waals surface area contributed by atoms with Gasteiger partial charge in [-0.05, 0) is 29.7 Å². The average molecular weight is 358 g/mol. The maximum Gasteiger partial charge on any atom is 0.320 e. The van der Waals surface area contributed by atoms with Crippen LogP contribution in [-0.4, -0.2) is 37.2 Å². The molecule has 0 aliphatic heterocycles. The maximum atomic E-state index is 12.4. The smallest absolute Gasteiger partial charge is 0.320 e. The zero-order valence-electron chi connectivity index (χ0n) is 14.7. The van der Waals surface area contributed by atoms with Crippen molar-refractivity contribution >= 4 is 11.9 Å². The first-order valence-electron chi connectivity index (χ1n) is 8.01. The largest absolute Gasteiger partial charge is 0.493 e. The summed E-state index contributed by atoms with van der Waals surface area (Å²) in [5, 5.41) is 11.7. The minimum Gasteiger partial charge on any atom is -0.493 e. The van der Waals surface area contributed by atoms with E-state index in [2.05, 4.69) is 5.32 Å². The van der Waals surface area contributed by atoms with E-state index in [-0.39, 0.29) is 12.3 Å². The van der Waals surface area contributed by atoms with Crippen molar-refractivity contribution in [3.63, 3.8) is 0 Å². The van der Waals surface area contributed by atoms with Crippen LogP contribution in [0.15, 0.2) is 42.5 Å². The summed E-state index contributed by atoms with van der Waals surface area (Å²) in [6.45, 7) is 0.324. The second kappa shape index (κ2) is 8.87. The lowest BCUT2D eigenvalue weighted by molar-refractivity contribution is -0.138. The van der Waals surface area contributed by atoms with Gasteiger partial charge in [0.05, 0.1) is 19.8 Å². The van der Waals surface area contributed by atoms with E-state index in [9.17, 15) is 9.59 Å². The third-order valence-electron chi connectivity index (χ3n) is 3.90. The SMILES string of the molecule is COc1cccc(C(=O)NCc2ccc(CC(N)C(=O)O)cc2)c1OC. The highest BCUT2D eigenvalue weighted by atomic mass is 16.5. The highest BCUT2D eigenvalue weighted by Gasteiger charge is 2.16. The summed E-state index contributed by atoms with van der Waals surface area (Å²) in [4.78, 5) is 23.2. The molecule has 0 aliphatic rings. The van der Waals surface area contributed by atoms with Crippen molar-refractivity contribution in [2.24, 2.45) is 5.73 Å². The summed E-state index contributed by atoms with van der Waals surface area (Å²) in [5.74, 6) is -0.448. The number of aliphatic carboxylic acids is 1. The number of carbonyl (C=O) groups is 2. The molecule has 0 bridgehead atoms. The fourth-order valence-corrected chi connectivity index (χ4v) is 2.48. The van der Waals surface area contributed by atoms with Crippen molar-refractivity contribution in [1.82, 2.24) is 5.32 Å². The lowest BCUT2D eigenvalue weighted by Gasteiger charge is -2.13. The molecule has 4 N–H and O–H groups in total. The fourth-order valence-electron chi connectivity index (χ4n) is 2.48. The van der Waals surface area contributed by atoms with Crippen LogP contribution in [0.3, 0.4) is 0 Å². The van der Waals surface area contributed by atoms with E-state index in [1.54, 1.807) is 30.3 Å². The second-order valence-electron chi connectivity index (χ2n) is 5.69. The molecule has 2 rings (SSSR count). The van der Waals surface area contributed by atoms with E-state index < -0.39 is 12.0 Å². The van der Waals surface area contributed by atoms with Crippen LogP contribution in [0.4, 0.5) is 0 Å². The second-order valence-corrected chi connectivity index (χ2v) is 5.69. The lowest BCUT2D eigenvalue weighted by atomic mass is 10.0. The predicted octanol–water partition coefficient (Wildman–Crippen LogP) is 1.59. The van der Waals surface area contributed by atoms with Gasteiger partial charge in [-0.1, -0.05) is 30.3 Å². The first-order valence-corrected chi connectivity index (χ1v) is 8.01. The summed E-state index contributed by atoms with van der Waals surface area (Å²) >= 11 is 0. The topological polar surface area (TPSA) is 111 Å². The third kappa shape index (κ3) is 4.73. The Labute approximate surface area is 151 Å². The molecule has 2 aromatic rings. The van der Waals surface area contributed by atoms with Gasteiger partial charge in [-0.3, -0.25) is 9.59 Å². The minimum atomic E-state index is -1.03. The Balaban J connectivity index is 2.01. The van der Waals surface area contributed by atoms with Crippen molar-refractivity contribution in [2.45, 2.75) is 19.0 Å². The van der Waals surface area contributed by atoms with Gasteiger partial charge in [0.2, 0.25) is 0 Å². The first-order chi connectivity index (χ1) is 12.5. The average Bonchev–Trinajstić information content (AvgIpc) is 2.66. The van der Waals surface area contributed by atoms with Crippen LogP contribution in [-0.2, 0) is 17.8 Å². The van der Waals surface area contributed by atoms with Crippen molar-refractivity contribution in [3.8, 4) is 11.5 Å². The molecule has 0 heterocycles. The number of para-hydroxylation sites is 1. The summed E-state index contributed by atoms with van der Waals surface area (Å²) in [5.41, 5.74) is 7.61. The molecular formula is C19H22N2O5. The van der Waals surface area contributed by atoms with E-state index >= 15 is 0 Å². The molecule has 0 aromatic heterocycles. The van der Waals surface area contributed by atoms with E-state index in [4.69, 9.17) is 20.3 Å². The zero-order chi connectivity index (χ0) is 19.1. The summed E-state index contributed by atoms with van der Waals surface area (Å²) in [6.07, 6.45) is 0.253. The molecule has 0 radical (unpaired) electrons. The van der Waals surface area contributed by atoms with Crippen molar-refractivity contribution in [3.05, 3.63) is 59.2 Å². The zero-order valence-corrected chi connectivity index (χ0v) is 14.7. The van der Waals surface area contributed by atoms with Crippen LogP contribution in [0.1, 0.15) is 21.5 Å². The number of carboxylic acid groups (broad SMARTS) is 1. The normalized spacial score (nSPS) is 11.5. The van der Waals surface area contributed by atoms with Crippen LogP contribution in [0.25, 0.3) is 0 Å². The third-order valence-corrected chi connectivity index (χ3v) is 3.90. The van der Waals surface area contributed by atoms with Gasteiger partial charge in [0.15, 0.2) is 11.5 Å². The Morgan fingerprint density at radius 1 is 1.08 bits per heavy atom. The summed E-state index contributed by atoms with van der Waals surface area (Å²) in [6, 6.07) is 11.4. The van der Waals surface area contributed by atoms with Crippen molar-refractivity contribution < 1.29 is 24.2 Å². The Morgan fingerprint density at radius 2 is 1.73 bits per heavy atom. The molecule has 1 unspecified atom stereocenters. The Hall–Kier alpha value is -3.06. The number of hydrogen-bond donors (Lipinski definition) is 3. The highest BCUT2D eigenvalue weighted by molar-refractivity contribution is 5.97. The maximum absolute atomic E-state index is 12.4. The van der Waals surface area contributed by atoms with Crippen LogP contribution in [0.2, 0.25) is 0 Å². The van der Waals surface area contributed by atoms with Gasteiger partial charge in [-0.15, -0.1) is 0 Å². The molecule has 2 aromatic carbocycles. The molecular weight excluding hydrogens is 336 g/mol. The number of amides is 1. The first kappa shape index (κ1) is 19.3. The van der Waals surface area contributed by atoms with Crippen LogP contribution >= 0.6 is 0 Å². The van der Waals surface area contributed by atoms with Crippen molar-refractivity contribution in [1.29, 1.82) is 0 Å². The molecule has 0 fully saturated rings. The molecule has 1 amide bonds. The summed E-state index contributed by atoms with van der Waals surface area (Å²) in [7, 11) is 2.99. The van der Waals surface area contributed by atoms with E-state index in [1.165, 1.54) is 14.2 Å². The number of rotatable bonds is 8. The van der Waals surface area contributed by atoms with E-state index in [0.29, 0.717) is 23.6 Å². The van der Waals surface area contributed by atoms with Crippen LogP contribution in [0, 0.1) is 0 Å². The number of benzene rings is 2. The molecule has 138 valence electrons. The number of carboxylic acids is 1. The van der Waals surface area contributed by atoms with E-state index in [0.717, 1.165) is 11.1 Å². The Morgan fingerprint density at radius 3 is 2.31 bits per heavy atom. The number of methoxy groups -OCH3 is 2. The van der Waals surface area contributed by atoms with Gasteiger partial charge in [-0.2, -0.15) is 0 Å². The molecule has 0 saturated heterocycles. The van der Waals surface area contributed by atoms with Gasteiger partial charge in [0, 0.05) is 6.54 Å². The molecule has 0 spiro atoms. The standard InChI is InChI=1S/C19H22N2O5/c1-25-16-5-3-4-14(17(16)26-2)18(22)21-11-13-8-6-12(7-9-13)10-15(20)19(23)24/h3-9,15H,10-11,20H2,1-2H3,(H,21,22)(H,23,24). The van der Waals surface area contributed by atoms with E-state index in [1.807, 2.05) is 12.1 Å². The van der Waals surface area contributed by atoms with Gasteiger partial charge in [-0.25, -0.2) is 0 Å². The van der Waals surface area contributed by atoms with Gasteiger partial charge in [0.25, 0.3) is 5.91 Å². The number of nitrogens with one attached hydrogen (secondary N) is 1. The van der Waals surface area contributed by atoms with Crippen molar-refractivity contribution in [2.75, 3.05) is 14.2 Å². The number of hydrogen-bond acceptors (Lipinski definition) is 5. The number of nitrogens with two attached hydrogens (primary N) is 1. The Kier molecular flexibility index (Phi) is 6.57. The quantitative estimate of drug-likeness (QED) is 0.661. The highest BCUT2D eigenvalue weighted by Crippen LogP contribution is 2.30. The van der Waals surface area contributed by atoms with Gasteiger partial charge >= 0.3 is 5.97 Å². The van der Waals surface area contributed by atoms with Gasteiger partial charge < -0.3 is 25.6 Å². The summed E-state index contributed by atoms with van der Waals surface area (Å²) < 4.78 is 10.5. The number of ether oxygens (including phenoxy) is 2. The van der Waals surface area contributed by atoms with Gasteiger partial charge in [0.1, 0.15) is 6.04 Å². The fraction of sp³-hybridized carbons (Fsp3) is 0.263. The predicted molar refractivity (Wildman–Crippen MR) is 96.5 cm³/mol. The van der Waals surface area contributed by atoms with Crippen LogP contribution < -0.4 is 20.5 Å². The molecule has 0 aliphatic carbocycles. The van der Waals surface area contributed by atoms with Crippen LogP contribution in [0.5, 0.6) is 11.5 Å². The molecule has 26 heavy (non-hydrogen) atoms. The lowest BCUT2D eigenvalue weighted by Crippen LogP contribution is -2.32. The number of carbonyl (C=O) groups excluding carboxylic acids is 1. The minimum absolute atomic E-state index is 0.253.